The van der Waals surface area contributed by atoms with Gasteiger partial charge < -0.3 is 14.7 Å². The van der Waals surface area contributed by atoms with Gasteiger partial charge >= 0.3 is 5.97 Å². The van der Waals surface area contributed by atoms with Crippen molar-refractivity contribution in [2.24, 2.45) is 0 Å². The average molecular weight is 483 g/mol. The van der Waals surface area contributed by atoms with Crippen LogP contribution in [0.1, 0.15) is 17.8 Å². The first-order chi connectivity index (χ1) is 14.4. The van der Waals surface area contributed by atoms with Gasteiger partial charge in [-0.05, 0) is 35.7 Å². The van der Waals surface area contributed by atoms with Crippen LogP contribution in [-0.2, 0) is 10.5 Å². The van der Waals surface area contributed by atoms with Crippen LogP contribution in [0.3, 0.4) is 0 Å². The Balaban J connectivity index is 1.69. The highest BCUT2D eigenvalue weighted by Crippen LogP contribution is 2.36. The summed E-state index contributed by atoms with van der Waals surface area (Å²) in [5, 5.41) is 12.6. The van der Waals surface area contributed by atoms with Crippen LogP contribution in [0.5, 0.6) is 5.75 Å². The third-order valence-corrected chi connectivity index (χ3v) is 7.40. The summed E-state index contributed by atoms with van der Waals surface area (Å²) in [4.78, 5) is 18.5. The topological polar surface area (TPSA) is 62.7 Å². The molecule has 0 amide bonds. The Morgan fingerprint density at radius 2 is 2.10 bits per heavy atom. The van der Waals surface area contributed by atoms with Gasteiger partial charge in [-0.1, -0.05) is 29.3 Å². The minimum absolute atomic E-state index is 0.340. The lowest BCUT2D eigenvalue weighted by Gasteiger charge is -2.20. The van der Waals surface area contributed by atoms with Crippen LogP contribution < -0.4 is 4.74 Å². The summed E-state index contributed by atoms with van der Waals surface area (Å²) >= 11 is 15.7. The molecule has 1 aromatic carbocycles. The van der Waals surface area contributed by atoms with Crippen molar-refractivity contribution in [3.8, 4) is 5.75 Å². The van der Waals surface area contributed by atoms with Crippen LogP contribution >= 0.6 is 46.7 Å². The molecule has 0 saturated heterocycles. The Morgan fingerprint density at radius 3 is 2.77 bits per heavy atom. The summed E-state index contributed by atoms with van der Waals surface area (Å²) in [6.45, 7) is 0.503. The van der Waals surface area contributed by atoms with E-state index in [9.17, 15) is 4.79 Å². The van der Waals surface area contributed by atoms with Gasteiger partial charge in [0, 0.05) is 36.4 Å². The smallest absolute Gasteiger partial charge is 0.328 e. The Labute approximate surface area is 194 Å². The van der Waals surface area contributed by atoms with Crippen molar-refractivity contribution in [1.82, 2.24) is 9.88 Å². The molecule has 3 rings (SSSR count). The quantitative estimate of drug-likeness (QED) is 0.346. The van der Waals surface area contributed by atoms with Crippen molar-refractivity contribution in [2.45, 2.75) is 22.4 Å². The number of pyridine rings is 1. The lowest BCUT2D eigenvalue weighted by Crippen LogP contribution is -2.22. The van der Waals surface area contributed by atoms with Gasteiger partial charge in [0.1, 0.15) is 11.4 Å². The molecule has 30 heavy (non-hydrogen) atoms. The fourth-order valence-electron chi connectivity index (χ4n) is 2.70. The van der Waals surface area contributed by atoms with Gasteiger partial charge in [-0.3, -0.25) is 0 Å². The van der Waals surface area contributed by atoms with E-state index in [2.05, 4.69) is 15.3 Å². The molecule has 1 aliphatic rings. The fraction of sp³-hybridized carbons (Fsp3) is 0.238. The van der Waals surface area contributed by atoms with E-state index >= 15 is 0 Å². The second kappa shape index (κ2) is 11.0. The monoisotopic (exact) mass is 482 g/mol. The van der Waals surface area contributed by atoms with Crippen molar-refractivity contribution in [3.05, 3.63) is 69.4 Å². The zero-order valence-electron chi connectivity index (χ0n) is 16.1. The predicted octanol–water partition coefficient (Wildman–Crippen LogP) is 6.02. The van der Waals surface area contributed by atoms with Crippen LogP contribution in [-0.4, -0.2) is 40.0 Å². The van der Waals surface area contributed by atoms with Gasteiger partial charge in [0.15, 0.2) is 0 Å². The average Bonchev–Trinajstić information content (AvgIpc) is 3.12. The molecule has 1 atom stereocenters. The Kier molecular flexibility index (Phi) is 8.39. The van der Waals surface area contributed by atoms with E-state index < -0.39 is 5.97 Å². The van der Waals surface area contributed by atoms with E-state index in [0.29, 0.717) is 39.2 Å². The summed E-state index contributed by atoms with van der Waals surface area (Å²) in [5.74, 6) is 0.0448. The van der Waals surface area contributed by atoms with E-state index in [1.54, 1.807) is 30.0 Å². The summed E-state index contributed by atoms with van der Waals surface area (Å²) in [7, 11) is 2.03. The number of hydrogen-bond donors (Lipinski definition) is 1. The Bertz CT molecular complexity index is 949. The molecule has 0 spiro atoms. The SMILES string of the molecule is CN1C=CSC1CCOc1ccc(CSc2c(Cl)cccc2Cl)nc1/C=C/C(=O)O. The van der Waals surface area contributed by atoms with Gasteiger partial charge in [-0.15, -0.1) is 23.5 Å². The second-order valence-electron chi connectivity index (χ2n) is 6.38. The molecule has 2 aromatic rings. The summed E-state index contributed by atoms with van der Waals surface area (Å²) in [6, 6.07) is 9.06. The van der Waals surface area contributed by atoms with E-state index in [0.717, 1.165) is 23.1 Å². The maximum Gasteiger partial charge on any atom is 0.328 e. The van der Waals surface area contributed by atoms with Gasteiger partial charge in [-0.25, -0.2) is 9.78 Å². The minimum atomic E-state index is -1.04. The highest BCUT2D eigenvalue weighted by Gasteiger charge is 2.16. The van der Waals surface area contributed by atoms with Crippen molar-refractivity contribution in [1.29, 1.82) is 0 Å². The molecule has 0 fully saturated rings. The molecule has 9 heteroatoms. The predicted molar refractivity (Wildman–Crippen MR) is 125 cm³/mol. The largest absolute Gasteiger partial charge is 0.491 e. The first-order valence-electron chi connectivity index (χ1n) is 9.08. The maximum absolute atomic E-state index is 11.0. The molecular formula is C21H20Cl2N2O3S2. The molecule has 1 N–H and O–H groups in total. The fourth-order valence-corrected chi connectivity index (χ4v) is 5.23. The number of carboxylic acid groups (broad SMARTS) is 1. The van der Waals surface area contributed by atoms with Crippen LogP contribution in [0.15, 0.2) is 52.9 Å². The molecule has 158 valence electrons. The Hall–Kier alpha value is -1.80. The number of rotatable bonds is 9. The number of hydrogen-bond acceptors (Lipinski definition) is 6. The van der Waals surface area contributed by atoms with Crippen molar-refractivity contribution in [3.63, 3.8) is 0 Å². The molecular weight excluding hydrogens is 463 g/mol. The normalized spacial score (nSPS) is 15.8. The van der Waals surface area contributed by atoms with Gasteiger partial charge in [0.05, 0.1) is 27.7 Å². The van der Waals surface area contributed by atoms with Crippen molar-refractivity contribution >= 4 is 58.8 Å². The van der Waals surface area contributed by atoms with Crippen LogP contribution in [0.4, 0.5) is 0 Å². The lowest BCUT2D eigenvalue weighted by atomic mass is 10.2. The zero-order chi connectivity index (χ0) is 21.5. The van der Waals surface area contributed by atoms with Gasteiger partial charge in [0.25, 0.3) is 0 Å². The number of nitrogens with zero attached hydrogens (tertiary/aromatic N) is 2. The van der Waals surface area contributed by atoms with Crippen LogP contribution in [0.25, 0.3) is 6.08 Å². The van der Waals surface area contributed by atoms with E-state index in [1.807, 2.05) is 25.4 Å². The highest BCUT2D eigenvalue weighted by molar-refractivity contribution is 8.02. The molecule has 0 saturated carbocycles. The number of ether oxygens (including phenoxy) is 1. The van der Waals surface area contributed by atoms with E-state index in [-0.39, 0.29) is 0 Å². The first-order valence-corrected chi connectivity index (χ1v) is 11.8. The molecule has 5 nitrogen and oxygen atoms in total. The van der Waals surface area contributed by atoms with Crippen LogP contribution in [0.2, 0.25) is 10.0 Å². The molecule has 0 bridgehead atoms. The first kappa shape index (κ1) is 22.9. The summed E-state index contributed by atoms with van der Waals surface area (Å²) in [6.07, 6.45) is 5.38. The molecule has 1 aliphatic heterocycles. The molecule has 0 radical (unpaired) electrons. The number of carboxylic acids is 1. The molecule has 2 heterocycles. The highest BCUT2D eigenvalue weighted by atomic mass is 35.5. The zero-order valence-corrected chi connectivity index (χ0v) is 19.3. The molecule has 1 aromatic heterocycles. The number of thioether (sulfide) groups is 2. The number of aromatic nitrogens is 1. The third-order valence-electron chi connectivity index (χ3n) is 4.22. The number of benzene rings is 1. The van der Waals surface area contributed by atoms with Gasteiger partial charge in [0.2, 0.25) is 0 Å². The number of carbonyl (C=O) groups is 1. The van der Waals surface area contributed by atoms with E-state index in [1.165, 1.54) is 17.8 Å². The summed E-state index contributed by atoms with van der Waals surface area (Å²) < 4.78 is 5.91. The minimum Gasteiger partial charge on any atom is -0.491 e. The standard InChI is InChI=1S/C21H20Cl2N2O3S2/c1-25-10-12-29-19(25)9-11-28-18-7-5-14(24-17(18)6-8-20(26)27)13-30-21-15(22)3-2-4-16(21)23/h2-8,10,12,19H,9,11,13H2,1H3,(H,26,27)/b8-6+. The van der Waals surface area contributed by atoms with Crippen LogP contribution in [0, 0.1) is 0 Å². The Morgan fingerprint density at radius 1 is 1.33 bits per heavy atom. The van der Waals surface area contributed by atoms with Crippen molar-refractivity contribution < 1.29 is 14.6 Å². The number of halogens is 2. The van der Waals surface area contributed by atoms with Crippen molar-refractivity contribution in [2.75, 3.05) is 13.7 Å². The third kappa shape index (κ3) is 6.35. The second-order valence-corrected chi connectivity index (χ2v) is 9.26. The lowest BCUT2D eigenvalue weighted by molar-refractivity contribution is -0.131. The van der Waals surface area contributed by atoms with E-state index in [4.69, 9.17) is 33.0 Å². The molecule has 0 aliphatic carbocycles. The number of aliphatic carboxylic acids is 1. The van der Waals surface area contributed by atoms with Gasteiger partial charge in [-0.2, -0.15) is 0 Å². The molecule has 1 unspecified atom stereocenters. The maximum atomic E-state index is 11.0. The summed E-state index contributed by atoms with van der Waals surface area (Å²) in [5.41, 5.74) is 1.25.